The SMILES string of the molecule is CCCCc1c(C)[nH+]c2c(C)cccc2c1SCCC(=O)[O-]. The maximum atomic E-state index is 10.7. The van der Waals surface area contributed by atoms with Crippen molar-refractivity contribution in [3.05, 3.63) is 35.0 Å². The smallest absolute Gasteiger partial charge is 0.215 e. The summed E-state index contributed by atoms with van der Waals surface area (Å²) in [5, 5.41) is 11.9. The summed E-state index contributed by atoms with van der Waals surface area (Å²) in [6.07, 6.45) is 3.40. The van der Waals surface area contributed by atoms with Crippen molar-refractivity contribution >= 4 is 28.6 Å². The van der Waals surface area contributed by atoms with Crippen LogP contribution in [0, 0.1) is 13.8 Å². The van der Waals surface area contributed by atoms with Gasteiger partial charge in [0.1, 0.15) is 0 Å². The van der Waals surface area contributed by atoms with Crippen LogP contribution < -0.4 is 10.1 Å². The Morgan fingerprint density at radius 2 is 2.09 bits per heavy atom. The summed E-state index contributed by atoms with van der Waals surface area (Å²) in [4.78, 5) is 15.5. The molecule has 0 unspecified atom stereocenters. The van der Waals surface area contributed by atoms with Crippen molar-refractivity contribution in [2.75, 3.05) is 5.75 Å². The number of aromatic amines is 1. The average Bonchev–Trinajstić information content (AvgIpc) is 2.47. The van der Waals surface area contributed by atoms with Gasteiger partial charge in [0.15, 0.2) is 5.69 Å². The Morgan fingerprint density at radius 3 is 2.77 bits per heavy atom. The molecule has 22 heavy (non-hydrogen) atoms. The normalized spacial score (nSPS) is 11.0. The lowest BCUT2D eigenvalue weighted by Crippen LogP contribution is -2.22. The number of carbonyl (C=O) groups excluding carboxylic acids is 1. The lowest BCUT2D eigenvalue weighted by Gasteiger charge is -2.12. The van der Waals surface area contributed by atoms with E-state index < -0.39 is 5.97 Å². The van der Waals surface area contributed by atoms with Crippen LogP contribution in [-0.2, 0) is 11.2 Å². The Balaban J connectivity index is 2.49. The van der Waals surface area contributed by atoms with Gasteiger partial charge in [0, 0.05) is 34.7 Å². The number of carboxylic acids is 1. The molecule has 2 aromatic rings. The van der Waals surface area contributed by atoms with E-state index in [9.17, 15) is 9.90 Å². The van der Waals surface area contributed by atoms with Gasteiger partial charge in [-0.05, 0) is 32.3 Å². The lowest BCUT2D eigenvalue weighted by atomic mass is 10.0. The number of aryl methyl sites for hydroxylation is 2. The fourth-order valence-electron chi connectivity index (χ4n) is 2.67. The first-order valence-electron chi connectivity index (χ1n) is 7.81. The Kier molecular flexibility index (Phi) is 5.83. The molecule has 0 saturated carbocycles. The number of carbonyl (C=O) groups is 1. The van der Waals surface area contributed by atoms with Crippen molar-refractivity contribution in [1.82, 2.24) is 0 Å². The number of thioether (sulfide) groups is 1. The van der Waals surface area contributed by atoms with Crippen molar-refractivity contribution in [1.29, 1.82) is 0 Å². The van der Waals surface area contributed by atoms with Gasteiger partial charge < -0.3 is 9.90 Å². The Labute approximate surface area is 136 Å². The van der Waals surface area contributed by atoms with Gasteiger partial charge in [-0.15, -0.1) is 11.8 Å². The van der Waals surface area contributed by atoms with Gasteiger partial charge in [0.25, 0.3) is 0 Å². The highest BCUT2D eigenvalue weighted by molar-refractivity contribution is 7.99. The molecule has 0 fully saturated rings. The van der Waals surface area contributed by atoms with Crippen LogP contribution in [-0.4, -0.2) is 11.7 Å². The van der Waals surface area contributed by atoms with Gasteiger partial charge in [-0.1, -0.05) is 25.5 Å². The second kappa shape index (κ2) is 7.63. The molecule has 0 spiro atoms. The van der Waals surface area contributed by atoms with Crippen LogP contribution >= 0.6 is 11.8 Å². The molecule has 0 aliphatic rings. The van der Waals surface area contributed by atoms with E-state index in [0.717, 1.165) is 24.8 Å². The summed E-state index contributed by atoms with van der Waals surface area (Å²) in [6.45, 7) is 6.40. The van der Waals surface area contributed by atoms with E-state index in [2.05, 4.69) is 44.0 Å². The van der Waals surface area contributed by atoms with E-state index >= 15 is 0 Å². The van der Waals surface area contributed by atoms with Gasteiger partial charge in [0.2, 0.25) is 5.52 Å². The molecule has 1 aromatic carbocycles. The zero-order chi connectivity index (χ0) is 16.1. The van der Waals surface area contributed by atoms with Crippen LogP contribution in [0.2, 0.25) is 0 Å². The van der Waals surface area contributed by atoms with Gasteiger partial charge in [-0.2, -0.15) is 0 Å². The monoisotopic (exact) mass is 317 g/mol. The largest absolute Gasteiger partial charge is 0.550 e. The third-order valence-electron chi connectivity index (χ3n) is 3.89. The van der Waals surface area contributed by atoms with Crippen LogP contribution in [0.5, 0.6) is 0 Å². The molecule has 1 aromatic heterocycles. The topological polar surface area (TPSA) is 54.3 Å². The lowest BCUT2D eigenvalue weighted by molar-refractivity contribution is -0.356. The van der Waals surface area contributed by atoms with Crippen LogP contribution in [0.25, 0.3) is 10.9 Å². The van der Waals surface area contributed by atoms with Gasteiger partial charge in [0.05, 0.1) is 5.39 Å². The number of pyridine rings is 1. The van der Waals surface area contributed by atoms with Crippen molar-refractivity contribution in [3.8, 4) is 0 Å². The third kappa shape index (κ3) is 3.80. The number of benzene rings is 1. The summed E-state index contributed by atoms with van der Waals surface area (Å²) in [5.41, 5.74) is 4.87. The first-order valence-corrected chi connectivity index (χ1v) is 8.79. The summed E-state index contributed by atoms with van der Waals surface area (Å²) < 4.78 is 0. The molecular weight excluding hydrogens is 294 g/mol. The number of nitrogens with one attached hydrogen (secondary N) is 1. The summed E-state index contributed by atoms with van der Waals surface area (Å²) in [6, 6.07) is 6.28. The molecule has 0 amide bonds. The second-order valence-electron chi connectivity index (χ2n) is 5.63. The first kappa shape index (κ1) is 16.8. The van der Waals surface area contributed by atoms with Gasteiger partial charge in [-0.25, -0.2) is 4.98 Å². The molecule has 2 rings (SSSR count). The van der Waals surface area contributed by atoms with Crippen molar-refractivity contribution < 1.29 is 14.9 Å². The minimum absolute atomic E-state index is 0.0862. The number of H-pyrrole nitrogens is 1. The molecule has 0 atom stereocenters. The number of rotatable bonds is 7. The molecule has 4 heteroatoms. The standard InChI is InChI=1S/C18H23NO2S/c1-4-5-8-14-13(3)19-17-12(2)7-6-9-15(17)18(14)22-11-10-16(20)21/h6-7,9H,4-5,8,10-11H2,1-3H3,(H,20,21). The van der Waals surface area contributed by atoms with Crippen molar-refractivity contribution in [3.63, 3.8) is 0 Å². The van der Waals surface area contributed by atoms with Crippen LogP contribution in [0.3, 0.4) is 0 Å². The van der Waals surface area contributed by atoms with Crippen molar-refractivity contribution in [2.45, 2.75) is 51.3 Å². The van der Waals surface area contributed by atoms with Crippen LogP contribution in [0.4, 0.5) is 0 Å². The fourth-order valence-corrected chi connectivity index (χ4v) is 3.90. The Bertz CT molecular complexity index is 682. The second-order valence-corrected chi connectivity index (χ2v) is 6.73. The molecule has 0 radical (unpaired) electrons. The Morgan fingerprint density at radius 1 is 1.32 bits per heavy atom. The molecule has 0 aliphatic carbocycles. The maximum Gasteiger partial charge on any atom is 0.215 e. The van der Waals surface area contributed by atoms with Gasteiger partial charge in [-0.3, -0.25) is 0 Å². The van der Waals surface area contributed by atoms with E-state index in [1.165, 1.54) is 27.1 Å². The number of aromatic nitrogens is 1. The molecule has 118 valence electrons. The summed E-state index contributed by atoms with van der Waals surface area (Å²) in [5.74, 6) is -0.434. The number of hydrogen-bond acceptors (Lipinski definition) is 3. The summed E-state index contributed by atoms with van der Waals surface area (Å²) in [7, 11) is 0. The van der Waals surface area contributed by atoms with Crippen LogP contribution in [0.1, 0.15) is 43.0 Å². The number of hydrogen-bond donors (Lipinski definition) is 0. The molecule has 0 aliphatic heterocycles. The number of aliphatic carboxylic acids is 1. The first-order chi connectivity index (χ1) is 10.5. The highest BCUT2D eigenvalue weighted by Crippen LogP contribution is 2.33. The molecule has 0 bridgehead atoms. The zero-order valence-corrected chi connectivity index (χ0v) is 14.3. The van der Waals surface area contributed by atoms with Crippen LogP contribution in [0.15, 0.2) is 23.1 Å². The minimum atomic E-state index is -0.984. The number of fused-ring (bicyclic) bond motifs is 1. The number of unbranched alkanes of at least 4 members (excludes halogenated alkanes) is 1. The highest BCUT2D eigenvalue weighted by Gasteiger charge is 2.18. The fraction of sp³-hybridized carbons (Fsp3) is 0.444. The van der Waals surface area contributed by atoms with E-state index in [1.54, 1.807) is 11.8 Å². The minimum Gasteiger partial charge on any atom is -0.550 e. The molecule has 1 N–H and O–H groups in total. The quantitative estimate of drug-likeness (QED) is 0.738. The number of carboxylic acid groups (broad SMARTS) is 1. The van der Waals surface area contributed by atoms with Crippen molar-refractivity contribution in [2.24, 2.45) is 0 Å². The van der Waals surface area contributed by atoms with E-state index in [0.29, 0.717) is 5.75 Å². The summed E-state index contributed by atoms with van der Waals surface area (Å²) >= 11 is 1.64. The number of para-hydroxylation sites is 1. The Hall–Kier alpha value is -1.55. The zero-order valence-electron chi connectivity index (χ0n) is 13.5. The average molecular weight is 317 g/mol. The van der Waals surface area contributed by atoms with E-state index in [-0.39, 0.29) is 6.42 Å². The predicted molar refractivity (Wildman–Crippen MR) is 88.9 cm³/mol. The molecule has 0 saturated heterocycles. The maximum absolute atomic E-state index is 10.7. The van der Waals surface area contributed by atoms with E-state index in [1.807, 2.05) is 0 Å². The highest BCUT2D eigenvalue weighted by atomic mass is 32.2. The molecular formula is C18H23NO2S. The third-order valence-corrected chi connectivity index (χ3v) is 5.05. The van der Waals surface area contributed by atoms with E-state index in [4.69, 9.17) is 0 Å². The molecule has 1 heterocycles. The molecule has 3 nitrogen and oxygen atoms in total. The predicted octanol–water partition coefficient (Wildman–Crippen LogP) is 2.85. The van der Waals surface area contributed by atoms with Gasteiger partial charge >= 0.3 is 0 Å².